The zero-order valence-electron chi connectivity index (χ0n) is 14.2. The molecule has 5 nitrogen and oxygen atoms in total. The molecule has 0 spiro atoms. The summed E-state index contributed by atoms with van der Waals surface area (Å²) in [6.07, 6.45) is 4.36. The molecule has 1 aliphatic heterocycles. The van der Waals surface area contributed by atoms with Crippen LogP contribution < -0.4 is 10.1 Å². The Kier molecular flexibility index (Phi) is 5.01. The first-order chi connectivity index (χ1) is 11.9. The summed E-state index contributed by atoms with van der Waals surface area (Å²) in [5.74, 6) is -1.09. The number of benzene rings is 1. The summed E-state index contributed by atoms with van der Waals surface area (Å²) in [6.45, 7) is 4.29. The lowest BCUT2D eigenvalue weighted by atomic mass is 10.0. The summed E-state index contributed by atoms with van der Waals surface area (Å²) < 4.78 is 34.4. The number of nitrogens with zero attached hydrogens (tertiary/aromatic N) is 2. The molecule has 1 aromatic carbocycles. The maximum atomic E-state index is 13.8. The molecule has 1 aromatic heterocycles. The predicted molar refractivity (Wildman–Crippen MR) is 88.1 cm³/mol. The maximum absolute atomic E-state index is 13.8. The van der Waals surface area contributed by atoms with Gasteiger partial charge in [-0.1, -0.05) is 13.8 Å². The van der Waals surface area contributed by atoms with E-state index in [1.165, 1.54) is 6.07 Å². The molecule has 0 saturated carbocycles. The molecule has 0 saturated heterocycles. The molecule has 1 N–H and O–H groups in total. The summed E-state index contributed by atoms with van der Waals surface area (Å²) in [5.41, 5.74) is 0. The van der Waals surface area contributed by atoms with E-state index in [2.05, 4.69) is 10.3 Å². The Bertz CT molecular complexity index is 761. The van der Waals surface area contributed by atoms with Gasteiger partial charge >= 0.3 is 0 Å². The number of aromatic nitrogens is 2. The van der Waals surface area contributed by atoms with E-state index in [-0.39, 0.29) is 23.6 Å². The third-order valence-corrected chi connectivity index (χ3v) is 4.29. The van der Waals surface area contributed by atoms with Crippen molar-refractivity contribution in [3.8, 4) is 5.75 Å². The van der Waals surface area contributed by atoms with Crippen molar-refractivity contribution in [1.29, 1.82) is 0 Å². The summed E-state index contributed by atoms with van der Waals surface area (Å²) >= 11 is 0. The van der Waals surface area contributed by atoms with Gasteiger partial charge < -0.3 is 14.6 Å². The number of hydrogen-bond acceptors (Lipinski definition) is 3. The molecule has 0 aliphatic carbocycles. The van der Waals surface area contributed by atoms with Crippen LogP contribution in [0.5, 0.6) is 5.75 Å². The van der Waals surface area contributed by atoms with Crippen LogP contribution in [0.3, 0.4) is 0 Å². The zero-order chi connectivity index (χ0) is 18.0. The van der Waals surface area contributed by atoms with Crippen LogP contribution in [0.4, 0.5) is 8.78 Å². The van der Waals surface area contributed by atoms with Gasteiger partial charge in [-0.25, -0.2) is 13.8 Å². The van der Waals surface area contributed by atoms with Gasteiger partial charge in [0.25, 0.3) is 5.91 Å². The standard InChI is InChI=1S/C18H21F2N3O2/c1-11(2)17(25-15-5-3-12(19)9-14(15)20)18(24)22-13-4-6-16-21-7-8-23(16)10-13/h3,5,7-9,11,13,17H,4,6,10H2,1-2H3,(H,22,24)/t13-,17+/m0/s1. The lowest BCUT2D eigenvalue weighted by Crippen LogP contribution is -2.48. The molecule has 1 amide bonds. The van der Waals surface area contributed by atoms with Crippen LogP contribution in [0.15, 0.2) is 30.6 Å². The van der Waals surface area contributed by atoms with Crippen molar-refractivity contribution in [2.45, 2.75) is 45.4 Å². The molecular formula is C18H21F2N3O2. The Balaban J connectivity index is 1.67. The summed E-state index contributed by atoms with van der Waals surface area (Å²) in [4.78, 5) is 16.9. The molecule has 0 bridgehead atoms. The van der Waals surface area contributed by atoms with Gasteiger partial charge in [-0.05, 0) is 24.5 Å². The van der Waals surface area contributed by atoms with Gasteiger partial charge in [0.2, 0.25) is 0 Å². The fourth-order valence-electron chi connectivity index (χ4n) is 2.97. The van der Waals surface area contributed by atoms with Crippen LogP contribution in [0.2, 0.25) is 0 Å². The van der Waals surface area contributed by atoms with Crippen LogP contribution in [-0.4, -0.2) is 27.6 Å². The highest BCUT2D eigenvalue weighted by molar-refractivity contribution is 5.81. The third kappa shape index (κ3) is 3.97. The summed E-state index contributed by atoms with van der Waals surface area (Å²) in [5, 5.41) is 2.97. The zero-order valence-corrected chi connectivity index (χ0v) is 14.2. The minimum atomic E-state index is -0.857. The second kappa shape index (κ2) is 7.21. The van der Waals surface area contributed by atoms with E-state index in [1.54, 1.807) is 6.20 Å². The Morgan fingerprint density at radius 1 is 1.40 bits per heavy atom. The van der Waals surface area contributed by atoms with E-state index in [9.17, 15) is 13.6 Å². The number of nitrogens with one attached hydrogen (secondary N) is 1. The fourth-order valence-corrected chi connectivity index (χ4v) is 2.97. The minimum absolute atomic E-state index is 0.0304. The molecule has 3 rings (SSSR count). The van der Waals surface area contributed by atoms with E-state index >= 15 is 0 Å². The van der Waals surface area contributed by atoms with Crippen LogP contribution in [0.1, 0.15) is 26.1 Å². The van der Waals surface area contributed by atoms with E-state index < -0.39 is 17.7 Å². The molecule has 2 heterocycles. The number of carbonyl (C=O) groups excluding carboxylic acids is 1. The second-order valence-corrected chi connectivity index (χ2v) is 6.60. The van der Waals surface area contributed by atoms with Crippen molar-refractivity contribution in [2.24, 2.45) is 5.92 Å². The number of hydrogen-bond donors (Lipinski definition) is 1. The average molecular weight is 349 g/mol. The number of rotatable bonds is 5. The largest absolute Gasteiger partial charge is 0.477 e. The number of halogens is 2. The van der Waals surface area contributed by atoms with Crippen molar-refractivity contribution in [1.82, 2.24) is 14.9 Å². The average Bonchev–Trinajstić information content (AvgIpc) is 3.01. The highest BCUT2D eigenvalue weighted by Gasteiger charge is 2.29. The highest BCUT2D eigenvalue weighted by atomic mass is 19.1. The van der Waals surface area contributed by atoms with Gasteiger partial charge in [-0.2, -0.15) is 0 Å². The second-order valence-electron chi connectivity index (χ2n) is 6.60. The van der Waals surface area contributed by atoms with Crippen molar-refractivity contribution < 1.29 is 18.3 Å². The van der Waals surface area contributed by atoms with E-state index in [0.717, 1.165) is 30.8 Å². The van der Waals surface area contributed by atoms with Crippen LogP contribution in [0.25, 0.3) is 0 Å². The first-order valence-corrected chi connectivity index (χ1v) is 8.36. The first-order valence-electron chi connectivity index (χ1n) is 8.36. The number of fused-ring (bicyclic) bond motifs is 1. The molecule has 0 unspecified atom stereocenters. The smallest absolute Gasteiger partial charge is 0.261 e. The summed E-state index contributed by atoms with van der Waals surface area (Å²) in [6, 6.07) is 3.02. The van der Waals surface area contributed by atoms with E-state index in [4.69, 9.17) is 4.74 Å². The third-order valence-electron chi connectivity index (χ3n) is 4.29. The van der Waals surface area contributed by atoms with Crippen LogP contribution >= 0.6 is 0 Å². The Hall–Kier alpha value is -2.44. The topological polar surface area (TPSA) is 56.1 Å². The maximum Gasteiger partial charge on any atom is 0.261 e. The van der Waals surface area contributed by atoms with Crippen LogP contribution in [0, 0.1) is 17.6 Å². The monoisotopic (exact) mass is 349 g/mol. The number of carbonyl (C=O) groups is 1. The van der Waals surface area contributed by atoms with Crippen molar-refractivity contribution in [3.05, 3.63) is 48.1 Å². The quantitative estimate of drug-likeness (QED) is 0.903. The number of aryl methyl sites for hydroxylation is 1. The van der Waals surface area contributed by atoms with Gasteiger partial charge in [-0.3, -0.25) is 4.79 Å². The van der Waals surface area contributed by atoms with E-state index in [1.807, 2.05) is 24.6 Å². The molecule has 7 heteroatoms. The minimum Gasteiger partial charge on any atom is -0.477 e. The molecule has 0 radical (unpaired) electrons. The van der Waals surface area contributed by atoms with Gasteiger partial charge in [0.15, 0.2) is 17.7 Å². The molecule has 134 valence electrons. The molecule has 1 aliphatic rings. The van der Waals surface area contributed by atoms with Gasteiger partial charge in [0.05, 0.1) is 0 Å². The Labute approximate surface area is 145 Å². The first kappa shape index (κ1) is 17.4. The van der Waals surface area contributed by atoms with Gasteiger partial charge in [-0.15, -0.1) is 0 Å². The van der Waals surface area contributed by atoms with Crippen molar-refractivity contribution in [3.63, 3.8) is 0 Å². The molecule has 2 atom stereocenters. The Morgan fingerprint density at radius 3 is 2.92 bits per heavy atom. The lowest BCUT2D eigenvalue weighted by molar-refractivity contribution is -0.130. The predicted octanol–water partition coefficient (Wildman–Crippen LogP) is 2.70. The van der Waals surface area contributed by atoms with Crippen molar-refractivity contribution in [2.75, 3.05) is 0 Å². The molecule has 25 heavy (non-hydrogen) atoms. The molecule has 2 aromatic rings. The molecule has 0 fully saturated rings. The van der Waals surface area contributed by atoms with Crippen molar-refractivity contribution >= 4 is 5.91 Å². The highest BCUT2D eigenvalue weighted by Crippen LogP contribution is 2.22. The van der Waals surface area contributed by atoms with Crippen LogP contribution in [-0.2, 0) is 17.8 Å². The van der Waals surface area contributed by atoms with E-state index in [0.29, 0.717) is 6.54 Å². The van der Waals surface area contributed by atoms with Gasteiger partial charge in [0.1, 0.15) is 11.6 Å². The summed E-state index contributed by atoms with van der Waals surface area (Å²) in [7, 11) is 0. The normalized spacial score (nSPS) is 17.9. The number of amides is 1. The number of ether oxygens (including phenoxy) is 1. The Morgan fingerprint density at radius 2 is 2.20 bits per heavy atom. The van der Waals surface area contributed by atoms with Gasteiger partial charge in [0, 0.05) is 37.5 Å². The number of imidazole rings is 1. The molecular weight excluding hydrogens is 328 g/mol. The fraction of sp³-hybridized carbons (Fsp3) is 0.444. The SMILES string of the molecule is CC(C)[C@@H](Oc1ccc(F)cc1F)C(=O)N[C@H]1CCc2nccn2C1. The lowest BCUT2D eigenvalue weighted by Gasteiger charge is -2.28.